The molecule has 0 unspecified atom stereocenters. The predicted octanol–water partition coefficient (Wildman–Crippen LogP) is 6.77. The van der Waals surface area contributed by atoms with Crippen LogP contribution in [-0.4, -0.2) is 12.1 Å². The highest BCUT2D eigenvalue weighted by Gasteiger charge is 2.31. The zero-order valence-electron chi connectivity index (χ0n) is 17.5. The number of terminal acetylenes is 1. The van der Waals surface area contributed by atoms with Crippen molar-refractivity contribution in [3.05, 3.63) is 35.4 Å². The zero-order chi connectivity index (χ0) is 19.8. The Kier molecular flexibility index (Phi) is 8.01. The third-order valence-corrected chi connectivity index (χ3v) is 7.05. The fourth-order valence-electron chi connectivity index (χ4n) is 5.23. The van der Waals surface area contributed by atoms with Crippen molar-refractivity contribution in [1.82, 2.24) is 0 Å². The van der Waals surface area contributed by atoms with Gasteiger partial charge >= 0.3 is 5.97 Å². The van der Waals surface area contributed by atoms with Gasteiger partial charge in [-0.25, -0.2) is 4.79 Å². The number of carbonyl (C=O) groups is 1. The Morgan fingerprint density at radius 2 is 1.57 bits per heavy atom. The van der Waals surface area contributed by atoms with E-state index in [4.69, 9.17) is 11.2 Å². The summed E-state index contributed by atoms with van der Waals surface area (Å²) in [5, 5.41) is 0. The molecular weight excluding hydrogens is 344 g/mol. The molecule has 0 heterocycles. The number of ether oxygens (including phenoxy) is 1. The van der Waals surface area contributed by atoms with E-state index >= 15 is 0 Å². The molecule has 28 heavy (non-hydrogen) atoms. The van der Waals surface area contributed by atoms with E-state index in [1.807, 2.05) is 0 Å². The summed E-state index contributed by atoms with van der Waals surface area (Å²) >= 11 is 0. The van der Waals surface area contributed by atoms with E-state index in [9.17, 15) is 4.79 Å². The molecule has 2 nitrogen and oxygen atoms in total. The first kappa shape index (κ1) is 21.0. The van der Waals surface area contributed by atoms with E-state index in [0.717, 1.165) is 36.2 Å². The number of esters is 1. The maximum absolute atomic E-state index is 12.4. The van der Waals surface area contributed by atoms with Gasteiger partial charge < -0.3 is 4.74 Å². The summed E-state index contributed by atoms with van der Waals surface area (Å²) in [6, 6.07) is 7.13. The van der Waals surface area contributed by atoms with Gasteiger partial charge in [0.2, 0.25) is 0 Å². The highest BCUT2D eigenvalue weighted by atomic mass is 16.5. The van der Waals surface area contributed by atoms with Crippen molar-refractivity contribution < 1.29 is 9.53 Å². The average Bonchev–Trinajstić information content (AvgIpc) is 2.75. The minimum atomic E-state index is -0.209. The quantitative estimate of drug-likeness (QED) is 0.296. The number of rotatable bonds is 7. The van der Waals surface area contributed by atoms with E-state index in [-0.39, 0.29) is 12.1 Å². The van der Waals surface area contributed by atoms with Crippen LogP contribution in [0.15, 0.2) is 24.3 Å². The summed E-state index contributed by atoms with van der Waals surface area (Å²) in [5.74, 6) is 5.11. The molecular formula is C26H36O2. The molecule has 2 aliphatic rings. The van der Waals surface area contributed by atoms with Crippen molar-refractivity contribution in [3.63, 3.8) is 0 Å². The molecule has 2 saturated carbocycles. The lowest BCUT2D eigenvalue weighted by molar-refractivity contribution is 0.0109. The molecule has 0 N–H and O–H groups in total. The lowest BCUT2D eigenvalue weighted by atomic mass is 9.70. The Hall–Kier alpha value is -1.75. The standard InChI is InChI=1S/C26H36O2/c1-3-5-6-7-21-10-12-22(13-11-21)23-16-18-25(19-17-23)28-26(27)24-14-8-20(4-2)9-15-24/h2,8-9,14-15,21-23,25H,3,5-7,10-13,16-19H2,1H3. The fraction of sp³-hybridized carbons (Fsp3) is 0.654. The minimum absolute atomic E-state index is 0.0847. The van der Waals surface area contributed by atoms with Gasteiger partial charge in [-0.15, -0.1) is 6.42 Å². The van der Waals surface area contributed by atoms with Gasteiger partial charge in [0.15, 0.2) is 0 Å². The second-order valence-corrected chi connectivity index (χ2v) is 8.94. The fourth-order valence-corrected chi connectivity index (χ4v) is 5.23. The topological polar surface area (TPSA) is 26.3 Å². The molecule has 2 fully saturated rings. The summed E-state index contributed by atoms with van der Waals surface area (Å²) in [4.78, 5) is 12.4. The monoisotopic (exact) mass is 380 g/mol. The maximum atomic E-state index is 12.4. The molecule has 0 amide bonds. The van der Waals surface area contributed by atoms with Gasteiger partial charge in [-0.2, -0.15) is 0 Å². The summed E-state index contributed by atoms with van der Waals surface area (Å²) in [7, 11) is 0. The van der Waals surface area contributed by atoms with Crippen molar-refractivity contribution in [2.24, 2.45) is 17.8 Å². The number of benzene rings is 1. The van der Waals surface area contributed by atoms with Crippen LogP contribution < -0.4 is 0 Å². The molecule has 2 aliphatic carbocycles. The Balaban J connectivity index is 1.37. The highest BCUT2D eigenvalue weighted by molar-refractivity contribution is 5.89. The Morgan fingerprint density at radius 1 is 0.964 bits per heavy atom. The van der Waals surface area contributed by atoms with Crippen LogP contribution in [0.5, 0.6) is 0 Å². The molecule has 0 spiro atoms. The molecule has 0 aliphatic heterocycles. The molecule has 0 saturated heterocycles. The Labute approximate surface area is 171 Å². The van der Waals surface area contributed by atoms with Gasteiger partial charge in [-0.05, 0) is 80.5 Å². The lowest BCUT2D eigenvalue weighted by Crippen LogP contribution is -2.29. The van der Waals surface area contributed by atoms with Gasteiger partial charge in [0.25, 0.3) is 0 Å². The Bertz CT molecular complexity index is 638. The minimum Gasteiger partial charge on any atom is -0.459 e. The molecule has 0 radical (unpaired) electrons. The molecule has 1 aromatic carbocycles. The largest absolute Gasteiger partial charge is 0.459 e. The lowest BCUT2D eigenvalue weighted by Gasteiger charge is -2.37. The van der Waals surface area contributed by atoms with E-state index in [1.165, 1.54) is 64.2 Å². The summed E-state index contributed by atoms with van der Waals surface area (Å²) in [6.07, 6.45) is 21.3. The zero-order valence-corrected chi connectivity index (χ0v) is 17.5. The first-order chi connectivity index (χ1) is 13.7. The Morgan fingerprint density at radius 3 is 2.14 bits per heavy atom. The smallest absolute Gasteiger partial charge is 0.338 e. The molecule has 2 heteroatoms. The second-order valence-electron chi connectivity index (χ2n) is 8.94. The van der Waals surface area contributed by atoms with Gasteiger partial charge in [-0.1, -0.05) is 51.4 Å². The molecule has 0 bridgehead atoms. The molecule has 0 atom stereocenters. The first-order valence-electron chi connectivity index (χ1n) is 11.5. The third kappa shape index (κ3) is 5.87. The van der Waals surface area contributed by atoms with Crippen molar-refractivity contribution in [2.45, 2.75) is 90.1 Å². The van der Waals surface area contributed by atoms with Crippen LogP contribution in [-0.2, 0) is 4.74 Å². The number of hydrogen-bond acceptors (Lipinski definition) is 2. The van der Waals surface area contributed by atoms with E-state index in [2.05, 4.69) is 12.8 Å². The summed E-state index contributed by atoms with van der Waals surface area (Å²) in [5.41, 5.74) is 1.39. The van der Waals surface area contributed by atoms with E-state index < -0.39 is 0 Å². The van der Waals surface area contributed by atoms with Crippen LogP contribution in [0, 0.1) is 30.1 Å². The number of carbonyl (C=O) groups excluding carboxylic acids is 1. The molecule has 1 aromatic rings. The second kappa shape index (κ2) is 10.7. The number of hydrogen-bond donors (Lipinski definition) is 0. The SMILES string of the molecule is C#Cc1ccc(C(=O)OC2CCC(C3CCC(CCCCC)CC3)CC2)cc1. The van der Waals surface area contributed by atoms with Crippen molar-refractivity contribution in [3.8, 4) is 12.3 Å². The van der Waals surface area contributed by atoms with Gasteiger partial charge in [-0.3, -0.25) is 0 Å². The van der Waals surface area contributed by atoms with Crippen LogP contribution in [0.4, 0.5) is 0 Å². The van der Waals surface area contributed by atoms with Crippen LogP contribution in [0.1, 0.15) is 99.9 Å². The summed E-state index contributed by atoms with van der Waals surface area (Å²) in [6.45, 7) is 2.29. The maximum Gasteiger partial charge on any atom is 0.338 e. The van der Waals surface area contributed by atoms with Crippen LogP contribution >= 0.6 is 0 Å². The van der Waals surface area contributed by atoms with E-state index in [0.29, 0.717) is 5.56 Å². The van der Waals surface area contributed by atoms with E-state index in [1.54, 1.807) is 24.3 Å². The van der Waals surface area contributed by atoms with Crippen LogP contribution in [0.25, 0.3) is 0 Å². The highest BCUT2D eigenvalue weighted by Crippen LogP contribution is 2.41. The molecule has 152 valence electrons. The average molecular weight is 381 g/mol. The van der Waals surface area contributed by atoms with Crippen molar-refractivity contribution >= 4 is 5.97 Å². The van der Waals surface area contributed by atoms with Crippen molar-refractivity contribution in [2.75, 3.05) is 0 Å². The first-order valence-corrected chi connectivity index (χ1v) is 11.5. The van der Waals surface area contributed by atoms with Crippen LogP contribution in [0.2, 0.25) is 0 Å². The normalized spacial score (nSPS) is 27.7. The molecule has 3 rings (SSSR count). The van der Waals surface area contributed by atoms with Gasteiger partial charge in [0.1, 0.15) is 6.10 Å². The van der Waals surface area contributed by atoms with Gasteiger partial charge in [0.05, 0.1) is 5.56 Å². The summed E-state index contributed by atoms with van der Waals surface area (Å²) < 4.78 is 5.77. The predicted molar refractivity (Wildman–Crippen MR) is 115 cm³/mol. The van der Waals surface area contributed by atoms with Crippen molar-refractivity contribution in [1.29, 1.82) is 0 Å². The van der Waals surface area contributed by atoms with Crippen LogP contribution in [0.3, 0.4) is 0 Å². The third-order valence-electron chi connectivity index (χ3n) is 7.05. The number of unbranched alkanes of at least 4 members (excludes halogenated alkanes) is 2. The molecule has 0 aromatic heterocycles. The van der Waals surface area contributed by atoms with Gasteiger partial charge in [0, 0.05) is 5.56 Å².